The molecule has 1 aliphatic heterocycles. The topological polar surface area (TPSA) is 66.0 Å². The summed E-state index contributed by atoms with van der Waals surface area (Å²) in [5, 5.41) is 4.28. The molecule has 5 nitrogen and oxygen atoms in total. The van der Waals surface area contributed by atoms with Gasteiger partial charge in [0.15, 0.2) is 5.13 Å². The summed E-state index contributed by atoms with van der Waals surface area (Å²) in [5.74, 6) is -0.275. The molecule has 3 aromatic rings. The van der Waals surface area contributed by atoms with Crippen molar-refractivity contribution in [2.75, 3.05) is 11.9 Å². The van der Waals surface area contributed by atoms with Crippen LogP contribution in [0.2, 0.25) is 5.02 Å². The number of benzene rings is 2. The molecule has 4 rings (SSSR count). The minimum Gasteiger partial charge on any atom is -0.302 e. The second kappa shape index (κ2) is 6.72. The van der Waals surface area contributed by atoms with E-state index in [-0.39, 0.29) is 17.9 Å². The molecule has 0 radical (unpaired) electrons. The van der Waals surface area contributed by atoms with Crippen LogP contribution in [0.1, 0.15) is 17.2 Å². The van der Waals surface area contributed by atoms with E-state index in [0.29, 0.717) is 16.7 Å². The largest absolute Gasteiger partial charge is 0.302 e. The molecular formula is C18H17ClN4OS. The number of fused-ring (bicyclic) bond motifs is 1. The molecule has 2 atom stereocenters. The smallest absolute Gasteiger partial charge is 0.232 e. The fraction of sp³-hybridized carbons (Fsp3) is 0.222. The summed E-state index contributed by atoms with van der Waals surface area (Å²) >= 11 is 7.45. The number of halogens is 1. The van der Waals surface area contributed by atoms with Gasteiger partial charge >= 0.3 is 0 Å². The Hall–Kier alpha value is -1.99. The number of carbonyl (C=O) groups excluding carboxylic acids is 1. The van der Waals surface area contributed by atoms with Crippen LogP contribution in [0.3, 0.4) is 0 Å². The number of aryl methyl sites for hydroxylation is 1. The number of hydrogen-bond acceptors (Lipinski definition) is 5. The standard InChI is InChI=1S/C18H17ClN4OS/c1-10-2-7-14-15(8-10)25-18(21-14)22-17(24)13-9-20-23-16(13)11-3-5-12(19)6-4-11/h2-8,13,16,20,23H,9H2,1H3,(H,21,22,24). The van der Waals surface area contributed by atoms with Crippen molar-refractivity contribution in [1.82, 2.24) is 15.8 Å². The Bertz CT molecular complexity index is 924. The van der Waals surface area contributed by atoms with Gasteiger partial charge in [0.2, 0.25) is 5.91 Å². The predicted octanol–water partition coefficient (Wildman–Crippen LogP) is 3.66. The zero-order valence-electron chi connectivity index (χ0n) is 13.5. The van der Waals surface area contributed by atoms with Gasteiger partial charge in [-0.1, -0.05) is 41.1 Å². The van der Waals surface area contributed by atoms with Gasteiger partial charge in [0, 0.05) is 11.6 Å². The molecule has 0 spiro atoms. The van der Waals surface area contributed by atoms with E-state index in [0.717, 1.165) is 15.8 Å². The Kier molecular flexibility index (Phi) is 4.43. The van der Waals surface area contributed by atoms with Crippen LogP contribution in [0.4, 0.5) is 5.13 Å². The molecule has 2 aromatic carbocycles. The molecule has 0 saturated carbocycles. The first-order chi connectivity index (χ1) is 12.1. The van der Waals surface area contributed by atoms with E-state index >= 15 is 0 Å². The molecule has 7 heteroatoms. The quantitative estimate of drug-likeness (QED) is 0.656. The minimum absolute atomic E-state index is 0.0479. The lowest BCUT2D eigenvalue weighted by Gasteiger charge is -2.17. The van der Waals surface area contributed by atoms with E-state index < -0.39 is 0 Å². The van der Waals surface area contributed by atoms with Gasteiger partial charge < -0.3 is 5.32 Å². The third kappa shape index (κ3) is 3.39. The SMILES string of the molecule is Cc1ccc2nc(NC(=O)C3CNNC3c3ccc(Cl)cc3)sc2c1. The molecule has 1 aromatic heterocycles. The average molecular weight is 373 g/mol. The van der Waals surface area contributed by atoms with Crippen LogP contribution in [-0.4, -0.2) is 17.4 Å². The fourth-order valence-corrected chi connectivity index (χ4v) is 4.10. The maximum atomic E-state index is 12.8. The normalized spacial score (nSPS) is 20.1. The van der Waals surface area contributed by atoms with Gasteiger partial charge in [-0.05, 0) is 42.3 Å². The second-order valence-electron chi connectivity index (χ2n) is 6.14. The van der Waals surface area contributed by atoms with Crippen LogP contribution in [0.15, 0.2) is 42.5 Å². The van der Waals surface area contributed by atoms with Crippen molar-refractivity contribution in [3.63, 3.8) is 0 Å². The molecule has 1 saturated heterocycles. The second-order valence-corrected chi connectivity index (χ2v) is 7.61. The number of anilines is 1. The minimum atomic E-state index is -0.227. The number of nitrogens with one attached hydrogen (secondary N) is 3. The molecule has 2 unspecified atom stereocenters. The summed E-state index contributed by atoms with van der Waals surface area (Å²) in [7, 11) is 0. The van der Waals surface area contributed by atoms with Crippen molar-refractivity contribution in [2.24, 2.45) is 5.92 Å². The summed E-state index contributed by atoms with van der Waals surface area (Å²) in [6.07, 6.45) is 0. The zero-order chi connectivity index (χ0) is 17.4. The number of thiazole rings is 1. The Morgan fingerprint density at radius 3 is 2.88 bits per heavy atom. The monoisotopic (exact) mass is 372 g/mol. The number of rotatable bonds is 3. The molecule has 1 fully saturated rings. The van der Waals surface area contributed by atoms with E-state index in [1.807, 2.05) is 43.3 Å². The highest BCUT2D eigenvalue weighted by Crippen LogP contribution is 2.30. The Morgan fingerprint density at radius 2 is 2.08 bits per heavy atom. The van der Waals surface area contributed by atoms with E-state index in [2.05, 4.69) is 27.2 Å². The third-order valence-electron chi connectivity index (χ3n) is 4.32. The number of amides is 1. The predicted molar refractivity (Wildman–Crippen MR) is 102 cm³/mol. The molecule has 0 aliphatic carbocycles. The Morgan fingerprint density at radius 1 is 1.28 bits per heavy atom. The van der Waals surface area contributed by atoms with Crippen molar-refractivity contribution in [3.05, 3.63) is 58.6 Å². The Labute approximate surface area is 154 Å². The maximum Gasteiger partial charge on any atom is 0.232 e. The zero-order valence-corrected chi connectivity index (χ0v) is 15.1. The van der Waals surface area contributed by atoms with Crippen LogP contribution >= 0.6 is 22.9 Å². The van der Waals surface area contributed by atoms with Crippen LogP contribution in [-0.2, 0) is 4.79 Å². The van der Waals surface area contributed by atoms with E-state index in [4.69, 9.17) is 11.6 Å². The van der Waals surface area contributed by atoms with Gasteiger partial charge in [-0.25, -0.2) is 10.4 Å². The molecule has 3 N–H and O–H groups in total. The van der Waals surface area contributed by atoms with Gasteiger partial charge in [0.25, 0.3) is 0 Å². The average Bonchev–Trinajstić information content (AvgIpc) is 3.21. The van der Waals surface area contributed by atoms with Gasteiger partial charge in [-0.2, -0.15) is 0 Å². The van der Waals surface area contributed by atoms with Gasteiger partial charge in [0.1, 0.15) is 0 Å². The van der Waals surface area contributed by atoms with E-state index in [1.54, 1.807) is 0 Å². The van der Waals surface area contributed by atoms with Crippen molar-refractivity contribution in [2.45, 2.75) is 13.0 Å². The fourth-order valence-electron chi connectivity index (χ4n) is 3.01. The van der Waals surface area contributed by atoms with Crippen LogP contribution in [0, 0.1) is 12.8 Å². The highest BCUT2D eigenvalue weighted by Gasteiger charge is 2.34. The first kappa shape index (κ1) is 16.5. The van der Waals surface area contributed by atoms with E-state index in [9.17, 15) is 4.79 Å². The highest BCUT2D eigenvalue weighted by atomic mass is 35.5. The van der Waals surface area contributed by atoms with Crippen molar-refractivity contribution in [3.8, 4) is 0 Å². The summed E-state index contributed by atoms with van der Waals surface area (Å²) in [4.78, 5) is 17.3. The van der Waals surface area contributed by atoms with Crippen molar-refractivity contribution < 1.29 is 4.79 Å². The Balaban J connectivity index is 1.53. The van der Waals surface area contributed by atoms with Crippen LogP contribution in [0.25, 0.3) is 10.2 Å². The highest BCUT2D eigenvalue weighted by molar-refractivity contribution is 7.22. The maximum absolute atomic E-state index is 12.8. The number of aromatic nitrogens is 1. The summed E-state index contributed by atoms with van der Waals surface area (Å²) < 4.78 is 1.08. The lowest BCUT2D eigenvalue weighted by Crippen LogP contribution is -2.29. The first-order valence-electron chi connectivity index (χ1n) is 8.02. The lowest BCUT2D eigenvalue weighted by atomic mass is 9.94. The summed E-state index contributed by atoms with van der Waals surface area (Å²) in [6, 6.07) is 13.5. The molecule has 1 aliphatic rings. The number of nitrogens with zero attached hydrogens (tertiary/aromatic N) is 1. The summed E-state index contributed by atoms with van der Waals surface area (Å²) in [6.45, 7) is 2.60. The number of carbonyl (C=O) groups is 1. The molecule has 0 bridgehead atoms. The van der Waals surface area contributed by atoms with Crippen molar-refractivity contribution >= 4 is 44.2 Å². The lowest BCUT2D eigenvalue weighted by molar-refractivity contribution is -0.119. The third-order valence-corrected chi connectivity index (χ3v) is 5.51. The van der Waals surface area contributed by atoms with Gasteiger partial charge in [-0.15, -0.1) is 0 Å². The first-order valence-corrected chi connectivity index (χ1v) is 9.21. The van der Waals surface area contributed by atoms with Crippen LogP contribution < -0.4 is 16.2 Å². The molecule has 128 valence electrons. The van der Waals surface area contributed by atoms with Crippen LogP contribution in [0.5, 0.6) is 0 Å². The van der Waals surface area contributed by atoms with Crippen molar-refractivity contribution in [1.29, 1.82) is 0 Å². The number of hydrogen-bond donors (Lipinski definition) is 3. The van der Waals surface area contributed by atoms with Gasteiger partial charge in [0.05, 0.1) is 22.2 Å². The molecule has 25 heavy (non-hydrogen) atoms. The summed E-state index contributed by atoms with van der Waals surface area (Å²) in [5.41, 5.74) is 9.36. The number of hydrazine groups is 1. The van der Waals surface area contributed by atoms with E-state index in [1.165, 1.54) is 16.9 Å². The molecule has 2 heterocycles. The van der Waals surface area contributed by atoms with Gasteiger partial charge in [-0.3, -0.25) is 10.2 Å². The molecular weight excluding hydrogens is 356 g/mol. The molecule has 1 amide bonds.